The van der Waals surface area contributed by atoms with Crippen molar-refractivity contribution in [1.82, 2.24) is 10.2 Å². The van der Waals surface area contributed by atoms with Gasteiger partial charge in [0.25, 0.3) is 0 Å². The summed E-state index contributed by atoms with van der Waals surface area (Å²) in [6.07, 6.45) is -0.725. The molecule has 7 nitrogen and oxygen atoms in total. The molecule has 1 aliphatic heterocycles. The number of aliphatic hydroxyl groups excluding tert-OH is 1. The summed E-state index contributed by atoms with van der Waals surface area (Å²) in [5.74, 6) is -1.65. The average Bonchev–Trinajstić information content (AvgIpc) is 2.70. The number of aliphatic hydroxyl groups is 1. The summed E-state index contributed by atoms with van der Waals surface area (Å²) in [7, 11) is 0. The van der Waals surface area contributed by atoms with Gasteiger partial charge in [0.1, 0.15) is 6.04 Å². The van der Waals surface area contributed by atoms with E-state index >= 15 is 0 Å². The van der Waals surface area contributed by atoms with Crippen molar-refractivity contribution in [2.24, 2.45) is 5.41 Å². The lowest BCUT2D eigenvalue weighted by molar-refractivity contribution is -0.148. The first-order valence-corrected chi connectivity index (χ1v) is 6.61. The van der Waals surface area contributed by atoms with Crippen LogP contribution in [0.15, 0.2) is 0 Å². The highest BCUT2D eigenvalue weighted by Crippen LogP contribution is 2.19. The maximum atomic E-state index is 11.9. The van der Waals surface area contributed by atoms with Crippen LogP contribution in [-0.4, -0.2) is 58.1 Å². The molecule has 2 atom stereocenters. The summed E-state index contributed by atoms with van der Waals surface area (Å²) in [6, 6.07) is -0.976. The van der Waals surface area contributed by atoms with Gasteiger partial charge in [0.2, 0.25) is 11.8 Å². The number of rotatable bonds is 4. The Morgan fingerprint density at radius 1 is 1.30 bits per heavy atom. The van der Waals surface area contributed by atoms with E-state index in [0.29, 0.717) is 0 Å². The van der Waals surface area contributed by atoms with E-state index in [1.807, 2.05) is 0 Å². The third-order valence-electron chi connectivity index (χ3n) is 3.19. The number of carbonyl (C=O) groups is 3. The maximum Gasteiger partial charge on any atom is 0.326 e. The highest BCUT2D eigenvalue weighted by atomic mass is 16.4. The van der Waals surface area contributed by atoms with Gasteiger partial charge < -0.3 is 20.4 Å². The summed E-state index contributed by atoms with van der Waals surface area (Å²) in [5, 5.41) is 21.1. The molecule has 20 heavy (non-hydrogen) atoms. The second-order valence-electron chi connectivity index (χ2n) is 6.05. The number of β-amino-alcohol motifs (C(OH)–C–C–N with tert-alkyl or cyclic N) is 1. The van der Waals surface area contributed by atoms with Crippen LogP contribution >= 0.6 is 0 Å². The maximum absolute atomic E-state index is 11.9. The molecular formula is C13H22N2O5. The Morgan fingerprint density at radius 3 is 2.40 bits per heavy atom. The van der Waals surface area contributed by atoms with Crippen LogP contribution < -0.4 is 5.32 Å². The lowest BCUT2D eigenvalue weighted by Crippen LogP contribution is -2.42. The number of carboxylic acid groups (broad SMARTS) is 1. The van der Waals surface area contributed by atoms with Crippen molar-refractivity contribution < 1.29 is 24.6 Å². The van der Waals surface area contributed by atoms with Gasteiger partial charge in [0, 0.05) is 31.3 Å². The van der Waals surface area contributed by atoms with Crippen molar-refractivity contribution in [2.45, 2.75) is 45.8 Å². The predicted molar refractivity (Wildman–Crippen MR) is 70.8 cm³/mol. The molecule has 2 amide bonds. The number of nitrogens with zero attached hydrogens (tertiary/aromatic N) is 1. The van der Waals surface area contributed by atoms with Gasteiger partial charge in [-0.2, -0.15) is 0 Å². The van der Waals surface area contributed by atoms with Crippen molar-refractivity contribution in [2.75, 3.05) is 13.1 Å². The first-order valence-electron chi connectivity index (χ1n) is 6.61. The Bertz CT molecular complexity index is 402. The zero-order chi connectivity index (χ0) is 15.5. The minimum absolute atomic E-state index is 0.0261. The summed E-state index contributed by atoms with van der Waals surface area (Å²) in [4.78, 5) is 35.7. The quantitative estimate of drug-likeness (QED) is 0.651. The van der Waals surface area contributed by atoms with Gasteiger partial charge in [-0.3, -0.25) is 9.59 Å². The van der Waals surface area contributed by atoms with Crippen molar-refractivity contribution in [3.05, 3.63) is 0 Å². The molecule has 0 aromatic heterocycles. The molecule has 0 radical (unpaired) electrons. The molecular weight excluding hydrogens is 264 g/mol. The third-order valence-corrected chi connectivity index (χ3v) is 3.19. The fourth-order valence-corrected chi connectivity index (χ4v) is 2.02. The molecule has 114 valence electrons. The zero-order valence-electron chi connectivity index (χ0n) is 12.0. The van der Waals surface area contributed by atoms with Crippen LogP contribution in [0.3, 0.4) is 0 Å². The van der Waals surface area contributed by atoms with E-state index < -0.39 is 23.5 Å². The Hall–Kier alpha value is -1.63. The monoisotopic (exact) mass is 286 g/mol. The number of aliphatic carboxylic acids is 1. The van der Waals surface area contributed by atoms with Crippen LogP contribution in [0.4, 0.5) is 0 Å². The van der Waals surface area contributed by atoms with E-state index in [0.717, 1.165) is 4.90 Å². The average molecular weight is 286 g/mol. The van der Waals surface area contributed by atoms with Crippen LogP contribution in [0.5, 0.6) is 0 Å². The standard InChI is InChI=1S/C13H22N2O5/c1-13(2,3)12(20)14-5-4-10(17)15-7-8(16)6-9(15)11(18)19/h8-9,16H,4-7H2,1-3H3,(H,14,20)(H,18,19)/t8?,9-/m0/s1. The van der Waals surface area contributed by atoms with Crippen LogP contribution in [-0.2, 0) is 14.4 Å². The van der Waals surface area contributed by atoms with Gasteiger partial charge in [-0.05, 0) is 0 Å². The van der Waals surface area contributed by atoms with Gasteiger partial charge >= 0.3 is 5.97 Å². The van der Waals surface area contributed by atoms with E-state index in [1.165, 1.54) is 0 Å². The number of hydrogen-bond acceptors (Lipinski definition) is 4. The van der Waals surface area contributed by atoms with Crippen LogP contribution in [0.25, 0.3) is 0 Å². The summed E-state index contributed by atoms with van der Waals surface area (Å²) in [6.45, 7) is 5.49. The number of amides is 2. The Morgan fingerprint density at radius 2 is 1.90 bits per heavy atom. The summed E-state index contributed by atoms with van der Waals surface area (Å²) < 4.78 is 0. The van der Waals surface area contributed by atoms with E-state index in [2.05, 4.69) is 5.32 Å². The highest BCUT2D eigenvalue weighted by Gasteiger charge is 2.38. The van der Waals surface area contributed by atoms with Gasteiger partial charge in [-0.15, -0.1) is 0 Å². The van der Waals surface area contributed by atoms with E-state index in [1.54, 1.807) is 20.8 Å². The molecule has 0 aromatic rings. The number of likely N-dealkylation sites (tertiary alicyclic amines) is 1. The molecule has 1 saturated heterocycles. The van der Waals surface area contributed by atoms with Crippen molar-refractivity contribution in [3.8, 4) is 0 Å². The number of nitrogens with one attached hydrogen (secondary N) is 1. The minimum Gasteiger partial charge on any atom is -0.480 e. The lowest BCUT2D eigenvalue weighted by atomic mass is 9.96. The van der Waals surface area contributed by atoms with E-state index in [9.17, 15) is 19.5 Å². The van der Waals surface area contributed by atoms with Crippen LogP contribution in [0.1, 0.15) is 33.6 Å². The summed E-state index contributed by atoms with van der Waals surface area (Å²) >= 11 is 0. The molecule has 0 aromatic carbocycles. The third kappa shape index (κ3) is 4.19. The second kappa shape index (κ2) is 6.21. The molecule has 0 aliphatic carbocycles. The fraction of sp³-hybridized carbons (Fsp3) is 0.769. The summed E-state index contributed by atoms with van der Waals surface area (Å²) in [5.41, 5.74) is -0.531. The topological polar surface area (TPSA) is 107 Å². The Kier molecular flexibility index (Phi) is 5.10. The van der Waals surface area contributed by atoms with Gasteiger partial charge in [-0.25, -0.2) is 4.79 Å². The first-order chi connectivity index (χ1) is 9.12. The SMILES string of the molecule is CC(C)(C)C(=O)NCCC(=O)N1CC(O)C[C@H]1C(=O)O. The van der Waals surface area contributed by atoms with E-state index in [4.69, 9.17) is 5.11 Å². The lowest BCUT2D eigenvalue weighted by Gasteiger charge is -2.22. The molecule has 0 saturated carbocycles. The number of carbonyl (C=O) groups excluding carboxylic acids is 2. The molecule has 0 spiro atoms. The largest absolute Gasteiger partial charge is 0.480 e. The molecule has 0 bridgehead atoms. The Balaban J connectivity index is 2.47. The smallest absolute Gasteiger partial charge is 0.326 e. The molecule has 1 aliphatic rings. The van der Waals surface area contributed by atoms with Crippen LogP contribution in [0, 0.1) is 5.41 Å². The molecule has 1 heterocycles. The molecule has 1 fully saturated rings. The highest BCUT2D eigenvalue weighted by molar-refractivity contribution is 5.85. The normalized spacial score (nSPS) is 22.7. The Labute approximate surface area is 117 Å². The van der Waals surface area contributed by atoms with Gasteiger partial charge in [0.15, 0.2) is 0 Å². The number of carboxylic acids is 1. The second-order valence-corrected chi connectivity index (χ2v) is 6.05. The zero-order valence-corrected chi connectivity index (χ0v) is 12.0. The minimum atomic E-state index is -1.12. The van der Waals surface area contributed by atoms with Crippen molar-refractivity contribution in [1.29, 1.82) is 0 Å². The molecule has 1 rings (SSSR count). The van der Waals surface area contributed by atoms with Crippen molar-refractivity contribution in [3.63, 3.8) is 0 Å². The van der Waals surface area contributed by atoms with E-state index in [-0.39, 0.29) is 37.7 Å². The molecule has 1 unspecified atom stereocenters. The van der Waals surface area contributed by atoms with Gasteiger partial charge in [0.05, 0.1) is 6.10 Å². The molecule has 3 N–H and O–H groups in total. The van der Waals surface area contributed by atoms with Crippen LogP contribution in [0.2, 0.25) is 0 Å². The number of hydrogen-bond donors (Lipinski definition) is 3. The predicted octanol–water partition coefficient (Wildman–Crippen LogP) is -0.415. The molecule has 7 heteroatoms. The van der Waals surface area contributed by atoms with Gasteiger partial charge in [-0.1, -0.05) is 20.8 Å². The first kappa shape index (κ1) is 16.4. The fourth-order valence-electron chi connectivity index (χ4n) is 2.02. The van der Waals surface area contributed by atoms with Crippen molar-refractivity contribution >= 4 is 17.8 Å².